The highest BCUT2D eigenvalue weighted by atomic mass is 16.4. The summed E-state index contributed by atoms with van der Waals surface area (Å²) in [6.45, 7) is 4.10. The van der Waals surface area contributed by atoms with Crippen LogP contribution in [0.1, 0.15) is 49.9 Å². The summed E-state index contributed by atoms with van der Waals surface area (Å²) in [7, 11) is 0. The molecule has 0 spiro atoms. The van der Waals surface area contributed by atoms with Crippen LogP contribution in [0.25, 0.3) is 0 Å². The maximum atomic E-state index is 10.7. The van der Waals surface area contributed by atoms with Gasteiger partial charge in [-0.2, -0.15) is 5.10 Å². The molecule has 0 aliphatic heterocycles. The Morgan fingerprint density at radius 2 is 2.33 bits per heavy atom. The smallest absolute Gasteiger partial charge is 0.307 e. The standard InChI is InChI=1S/C11H16N2O2/c1-7(2)13-6-9(5-10(14)15)11(12-13)8-3-4-8/h6-8H,3-5H2,1-2H3,(H,14,15). The second-order valence-electron chi connectivity index (χ2n) is 4.46. The van der Waals surface area contributed by atoms with Crippen LogP contribution in [0.2, 0.25) is 0 Å². The van der Waals surface area contributed by atoms with E-state index in [0.717, 1.165) is 24.1 Å². The number of aromatic nitrogens is 2. The third kappa shape index (κ3) is 2.19. The van der Waals surface area contributed by atoms with Crippen molar-refractivity contribution in [2.75, 3.05) is 0 Å². The number of nitrogens with zero attached hydrogens (tertiary/aromatic N) is 2. The second kappa shape index (κ2) is 3.68. The average molecular weight is 208 g/mol. The van der Waals surface area contributed by atoms with Crippen molar-refractivity contribution in [1.29, 1.82) is 0 Å². The van der Waals surface area contributed by atoms with Crippen LogP contribution >= 0.6 is 0 Å². The Hall–Kier alpha value is -1.32. The van der Waals surface area contributed by atoms with E-state index >= 15 is 0 Å². The molecule has 1 aromatic rings. The number of aliphatic carboxylic acids is 1. The molecule has 1 N–H and O–H groups in total. The summed E-state index contributed by atoms with van der Waals surface area (Å²) in [4.78, 5) is 10.7. The first kappa shape index (κ1) is 10.2. The van der Waals surface area contributed by atoms with Gasteiger partial charge >= 0.3 is 5.97 Å². The molecule has 1 aliphatic rings. The van der Waals surface area contributed by atoms with Gasteiger partial charge in [0.1, 0.15) is 0 Å². The van der Waals surface area contributed by atoms with E-state index < -0.39 is 5.97 Å². The first-order valence-electron chi connectivity index (χ1n) is 5.37. The van der Waals surface area contributed by atoms with E-state index in [1.807, 2.05) is 24.7 Å². The molecule has 0 amide bonds. The van der Waals surface area contributed by atoms with Crippen molar-refractivity contribution >= 4 is 5.97 Å². The monoisotopic (exact) mass is 208 g/mol. The third-order valence-electron chi connectivity index (χ3n) is 2.68. The van der Waals surface area contributed by atoms with E-state index in [0.29, 0.717) is 12.0 Å². The molecule has 1 fully saturated rings. The highest BCUT2D eigenvalue weighted by Gasteiger charge is 2.29. The molecule has 1 heterocycles. The van der Waals surface area contributed by atoms with Gasteiger partial charge < -0.3 is 5.11 Å². The summed E-state index contributed by atoms with van der Waals surface area (Å²) in [5, 5.41) is 13.3. The topological polar surface area (TPSA) is 55.1 Å². The Labute approximate surface area is 88.9 Å². The SMILES string of the molecule is CC(C)n1cc(CC(=O)O)c(C2CC2)n1. The first-order valence-corrected chi connectivity index (χ1v) is 5.37. The quantitative estimate of drug-likeness (QED) is 0.823. The maximum absolute atomic E-state index is 10.7. The number of hydrogen-bond acceptors (Lipinski definition) is 2. The van der Waals surface area contributed by atoms with Crippen LogP contribution in [0.3, 0.4) is 0 Å². The summed E-state index contributed by atoms with van der Waals surface area (Å²) in [6, 6.07) is 0.296. The van der Waals surface area contributed by atoms with E-state index in [1.165, 1.54) is 0 Å². The molecule has 4 heteroatoms. The normalized spacial score (nSPS) is 15.9. The first-order chi connectivity index (χ1) is 7.08. The van der Waals surface area contributed by atoms with Gasteiger partial charge in [0.15, 0.2) is 0 Å². The summed E-state index contributed by atoms with van der Waals surface area (Å²) >= 11 is 0. The van der Waals surface area contributed by atoms with Crippen molar-refractivity contribution in [2.24, 2.45) is 0 Å². The number of carbonyl (C=O) groups is 1. The number of carboxylic acids is 1. The summed E-state index contributed by atoms with van der Waals surface area (Å²) in [6.07, 6.45) is 4.29. The van der Waals surface area contributed by atoms with Gasteiger partial charge in [-0.3, -0.25) is 9.48 Å². The van der Waals surface area contributed by atoms with Gasteiger partial charge in [-0.1, -0.05) is 0 Å². The third-order valence-corrected chi connectivity index (χ3v) is 2.68. The number of hydrogen-bond donors (Lipinski definition) is 1. The van der Waals surface area contributed by atoms with Crippen LogP contribution in [0.15, 0.2) is 6.20 Å². The van der Waals surface area contributed by atoms with Crippen molar-refractivity contribution < 1.29 is 9.90 Å². The fraction of sp³-hybridized carbons (Fsp3) is 0.636. The van der Waals surface area contributed by atoms with E-state index in [1.54, 1.807) is 0 Å². The molecule has 4 nitrogen and oxygen atoms in total. The van der Waals surface area contributed by atoms with E-state index in [2.05, 4.69) is 5.10 Å². The predicted octanol–water partition coefficient (Wildman–Crippen LogP) is 1.97. The fourth-order valence-corrected chi connectivity index (χ4v) is 1.71. The Balaban J connectivity index is 2.28. The van der Waals surface area contributed by atoms with Crippen molar-refractivity contribution in [3.63, 3.8) is 0 Å². The largest absolute Gasteiger partial charge is 0.481 e. The lowest BCUT2D eigenvalue weighted by Gasteiger charge is -2.03. The minimum absolute atomic E-state index is 0.0958. The Morgan fingerprint density at radius 3 is 2.80 bits per heavy atom. The van der Waals surface area contributed by atoms with Gasteiger partial charge in [-0.15, -0.1) is 0 Å². The molecule has 15 heavy (non-hydrogen) atoms. The molecule has 0 bridgehead atoms. The van der Waals surface area contributed by atoms with Crippen molar-refractivity contribution in [2.45, 2.75) is 45.1 Å². The van der Waals surface area contributed by atoms with E-state index in [4.69, 9.17) is 5.11 Å². The average Bonchev–Trinajstić information content (AvgIpc) is 2.88. The Kier molecular flexibility index (Phi) is 2.50. The zero-order valence-corrected chi connectivity index (χ0v) is 9.10. The lowest BCUT2D eigenvalue weighted by molar-refractivity contribution is -0.136. The molecule has 0 aromatic carbocycles. The predicted molar refractivity (Wildman–Crippen MR) is 55.9 cm³/mol. The van der Waals surface area contributed by atoms with Crippen molar-refractivity contribution in [3.05, 3.63) is 17.5 Å². The van der Waals surface area contributed by atoms with Crippen molar-refractivity contribution in [1.82, 2.24) is 9.78 Å². The molecule has 1 aromatic heterocycles. The van der Waals surface area contributed by atoms with Crippen LogP contribution in [0, 0.1) is 0 Å². The van der Waals surface area contributed by atoms with Gasteiger partial charge in [-0.25, -0.2) is 0 Å². The highest BCUT2D eigenvalue weighted by Crippen LogP contribution is 2.41. The van der Waals surface area contributed by atoms with Crippen molar-refractivity contribution in [3.8, 4) is 0 Å². The molecular weight excluding hydrogens is 192 g/mol. The minimum atomic E-state index is -0.778. The van der Waals surface area contributed by atoms with Gasteiger partial charge in [0.2, 0.25) is 0 Å². The lowest BCUT2D eigenvalue weighted by atomic mass is 10.1. The van der Waals surface area contributed by atoms with Crippen LogP contribution in [0.5, 0.6) is 0 Å². The zero-order valence-electron chi connectivity index (χ0n) is 9.10. The molecule has 0 saturated heterocycles. The van der Waals surface area contributed by atoms with Crippen LogP contribution < -0.4 is 0 Å². The maximum Gasteiger partial charge on any atom is 0.307 e. The molecule has 0 radical (unpaired) electrons. The van der Waals surface area contributed by atoms with Gasteiger partial charge in [0.25, 0.3) is 0 Å². The number of carboxylic acid groups (broad SMARTS) is 1. The zero-order chi connectivity index (χ0) is 11.0. The van der Waals surface area contributed by atoms with Crippen LogP contribution in [-0.2, 0) is 11.2 Å². The second-order valence-corrected chi connectivity index (χ2v) is 4.46. The molecule has 0 unspecified atom stereocenters. The minimum Gasteiger partial charge on any atom is -0.481 e. The summed E-state index contributed by atoms with van der Waals surface area (Å²) in [5.74, 6) is -0.264. The number of rotatable bonds is 4. The molecule has 1 aliphatic carbocycles. The molecule has 1 saturated carbocycles. The molecule has 0 atom stereocenters. The van der Waals surface area contributed by atoms with Gasteiger partial charge in [0.05, 0.1) is 12.1 Å². The van der Waals surface area contributed by atoms with E-state index in [-0.39, 0.29) is 6.42 Å². The van der Waals surface area contributed by atoms with Crippen LogP contribution in [0.4, 0.5) is 0 Å². The summed E-state index contributed by atoms with van der Waals surface area (Å²) in [5.41, 5.74) is 1.89. The highest BCUT2D eigenvalue weighted by molar-refractivity contribution is 5.70. The van der Waals surface area contributed by atoms with E-state index in [9.17, 15) is 4.79 Å². The van der Waals surface area contributed by atoms with Gasteiger partial charge in [-0.05, 0) is 26.7 Å². The fourth-order valence-electron chi connectivity index (χ4n) is 1.71. The Morgan fingerprint density at radius 1 is 1.67 bits per heavy atom. The molecule has 82 valence electrons. The summed E-state index contributed by atoms with van der Waals surface area (Å²) < 4.78 is 1.87. The Bertz CT molecular complexity index is 378. The lowest BCUT2D eigenvalue weighted by Crippen LogP contribution is -2.01. The van der Waals surface area contributed by atoms with Crippen LogP contribution in [-0.4, -0.2) is 20.9 Å². The molecule has 2 rings (SSSR count). The van der Waals surface area contributed by atoms with Gasteiger partial charge in [0, 0.05) is 23.7 Å². The molecular formula is C11H16N2O2.